The van der Waals surface area contributed by atoms with Crippen LogP contribution in [0, 0.1) is 0 Å². The van der Waals surface area contributed by atoms with Gasteiger partial charge in [0.1, 0.15) is 0 Å². The Labute approximate surface area is 141 Å². The second-order valence-electron chi connectivity index (χ2n) is 5.62. The number of benzene rings is 1. The van der Waals surface area contributed by atoms with Gasteiger partial charge in [-0.2, -0.15) is 4.98 Å². The Morgan fingerprint density at radius 1 is 1.17 bits per heavy atom. The van der Waals surface area contributed by atoms with Gasteiger partial charge in [0.05, 0.1) is 6.61 Å². The molecule has 7 heteroatoms. The van der Waals surface area contributed by atoms with Crippen LogP contribution in [0.1, 0.15) is 11.4 Å². The van der Waals surface area contributed by atoms with E-state index in [4.69, 9.17) is 20.9 Å². The van der Waals surface area contributed by atoms with E-state index in [1.165, 1.54) is 0 Å². The van der Waals surface area contributed by atoms with Crippen molar-refractivity contribution in [1.82, 2.24) is 15.0 Å². The topological polar surface area (TPSA) is 54.6 Å². The molecule has 0 amide bonds. The van der Waals surface area contributed by atoms with Gasteiger partial charge in [-0.05, 0) is 17.7 Å². The molecule has 1 aromatic carbocycles. The first-order chi connectivity index (χ1) is 11.2. The summed E-state index contributed by atoms with van der Waals surface area (Å²) in [6, 6.07) is 8.31. The number of nitrogens with zero attached hydrogens (tertiary/aromatic N) is 4. The van der Waals surface area contributed by atoms with Gasteiger partial charge in [-0.15, -0.1) is 0 Å². The highest BCUT2D eigenvalue weighted by atomic mass is 35.5. The summed E-state index contributed by atoms with van der Waals surface area (Å²) in [4.78, 5) is 9.03. The van der Waals surface area contributed by atoms with Gasteiger partial charge in [0.2, 0.25) is 0 Å². The van der Waals surface area contributed by atoms with Crippen molar-refractivity contribution < 1.29 is 9.26 Å². The number of halogens is 1. The van der Waals surface area contributed by atoms with Crippen LogP contribution < -0.4 is 4.90 Å². The van der Waals surface area contributed by atoms with Crippen LogP contribution in [0.15, 0.2) is 28.8 Å². The van der Waals surface area contributed by atoms with Crippen LogP contribution in [0.5, 0.6) is 0 Å². The Balaban J connectivity index is 1.54. The molecule has 1 saturated heterocycles. The van der Waals surface area contributed by atoms with E-state index in [-0.39, 0.29) is 0 Å². The van der Waals surface area contributed by atoms with Crippen molar-refractivity contribution in [2.45, 2.75) is 6.42 Å². The lowest BCUT2D eigenvalue weighted by molar-refractivity contribution is 0.143. The van der Waals surface area contributed by atoms with Crippen molar-refractivity contribution in [2.24, 2.45) is 0 Å². The largest absolute Gasteiger partial charge is 0.383 e. The van der Waals surface area contributed by atoms with Crippen LogP contribution in [-0.2, 0) is 11.2 Å². The number of rotatable bonds is 6. The van der Waals surface area contributed by atoms with E-state index in [1.807, 2.05) is 24.3 Å². The highest BCUT2D eigenvalue weighted by Gasteiger charge is 2.21. The van der Waals surface area contributed by atoms with Crippen molar-refractivity contribution in [3.05, 3.63) is 40.7 Å². The molecule has 0 bridgehead atoms. The number of ether oxygens (including phenoxy) is 1. The number of aromatic nitrogens is 2. The SMILES string of the molecule is COCCN1CCN(c2nc(Cc3ccc(Cl)cc3)no2)CC1. The average molecular weight is 337 g/mol. The van der Waals surface area contributed by atoms with Crippen molar-refractivity contribution in [3.63, 3.8) is 0 Å². The van der Waals surface area contributed by atoms with Gasteiger partial charge in [0.15, 0.2) is 5.82 Å². The highest BCUT2D eigenvalue weighted by molar-refractivity contribution is 6.30. The van der Waals surface area contributed by atoms with Crippen LogP contribution in [-0.4, -0.2) is 61.5 Å². The molecule has 1 aliphatic rings. The maximum atomic E-state index is 5.90. The number of methoxy groups -OCH3 is 1. The summed E-state index contributed by atoms with van der Waals surface area (Å²) < 4.78 is 10.5. The normalized spacial score (nSPS) is 16.0. The Morgan fingerprint density at radius 2 is 1.91 bits per heavy atom. The maximum absolute atomic E-state index is 5.90. The van der Waals surface area contributed by atoms with Gasteiger partial charge in [-0.3, -0.25) is 4.90 Å². The zero-order valence-corrected chi connectivity index (χ0v) is 14.0. The lowest BCUT2D eigenvalue weighted by atomic mass is 10.1. The van der Waals surface area contributed by atoms with Crippen molar-refractivity contribution in [1.29, 1.82) is 0 Å². The molecule has 2 aromatic rings. The van der Waals surface area contributed by atoms with E-state index < -0.39 is 0 Å². The minimum Gasteiger partial charge on any atom is -0.383 e. The minimum absolute atomic E-state index is 0.611. The monoisotopic (exact) mass is 336 g/mol. The van der Waals surface area contributed by atoms with Crippen LogP contribution in [0.25, 0.3) is 0 Å². The zero-order valence-electron chi connectivity index (χ0n) is 13.2. The van der Waals surface area contributed by atoms with Gasteiger partial charge >= 0.3 is 6.01 Å². The van der Waals surface area contributed by atoms with E-state index in [0.29, 0.717) is 18.3 Å². The Hall–Kier alpha value is -1.63. The third-order valence-electron chi connectivity index (χ3n) is 3.99. The summed E-state index contributed by atoms with van der Waals surface area (Å²) in [5.41, 5.74) is 1.12. The molecule has 0 N–H and O–H groups in total. The van der Waals surface area contributed by atoms with Gasteiger partial charge in [-0.25, -0.2) is 0 Å². The molecule has 3 rings (SSSR count). The highest BCUT2D eigenvalue weighted by Crippen LogP contribution is 2.16. The Bertz CT molecular complexity index is 609. The van der Waals surface area contributed by atoms with E-state index in [0.717, 1.165) is 49.9 Å². The third-order valence-corrected chi connectivity index (χ3v) is 4.24. The Kier molecular flexibility index (Phi) is 5.48. The molecule has 6 nitrogen and oxygen atoms in total. The second-order valence-corrected chi connectivity index (χ2v) is 6.05. The fourth-order valence-electron chi connectivity index (χ4n) is 2.61. The summed E-state index contributed by atoms with van der Waals surface area (Å²) in [5.74, 6) is 0.698. The molecule has 0 saturated carbocycles. The van der Waals surface area contributed by atoms with E-state index in [2.05, 4.69) is 19.9 Å². The van der Waals surface area contributed by atoms with Crippen molar-refractivity contribution >= 4 is 17.6 Å². The number of anilines is 1. The molecular formula is C16H21ClN4O2. The molecule has 23 heavy (non-hydrogen) atoms. The van der Waals surface area contributed by atoms with Gasteiger partial charge in [0, 0.05) is 51.3 Å². The molecule has 1 aliphatic heterocycles. The molecule has 2 heterocycles. The molecule has 0 radical (unpaired) electrons. The van der Waals surface area contributed by atoms with Crippen LogP contribution >= 0.6 is 11.6 Å². The molecule has 124 valence electrons. The van der Waals surface area contributed by atoms with Crippen LogP contribution in [0.4, 0.5) is 6.01 Å². The van der Waals surface area contributed by atoms with Crippen LogP contribution in [0.3, 0.4) is 0 Å². The van der Waals surface area contributed by atoms with Gasteiger partial charge < -0.3 is 14.2 Å². The Morgan fingerprint density at radius 3 is 2.61 bits per heavy atom. The van der Waals surface area contributed by atoms with E-state index in [9.17, 15) is 0 Å². The average Bonchev–Trinajstić information content (AvgIpc) is 3.04. The molecule has 0 spiro atoms. The first-order valence-electron chi connectivity index (χ1n) is 7.78. The summed E-state index contributed by atoms with van der Waals surface area (Å²) >= 11 is 5.90. The zero-order chi connectivity index (χ0) is 16.1. The van der Waals surface area contributed by atoms with Crippen molar-refractivity contribution in [3.8, 4) is 0 Å². The minimum atomic E-state index is 0.611. The second kappa shape index (κ2) is 7.77. The summed E-state index contributed by atoms with van der Waals surface area (Å²) in [6.45, 7) is 5.50. The molecule has 1 aromatic heterocycles. The summed E-state index contributed by atoms with van der Waals surface area (Å²) in [7, 11) is 1.73. The first kappa shape index (κ1) is 16.2. The predicted molar refractivity (Wildman–Crippen MR) is 89.1 cm³/mol. The first-order valence-corrected chi connectivity index (χ1v) is 8.15. The number of hydrogen-bond acceptors (Lipinski definition) is 6. The molecular weight excluding hydrogens is 316 g/mol. The maximum Gasteiger partial charge on any atom is 0.324 e. The fourth-order valence-corrected chi connectivity index (χ4v) is 2.74. The van der Waals surface area contributed by atoms with Gasteiger partial charge in [0.25, 0.3) is 0 Å². The standard InChI is InChI=1S/C16H21ClN4O2/c1-22-11-10-20-6-8-21(9-7-20)16-18-15(19-23-16)12-13-2-4-14(17)5-3-13/h2-5H,6-12H2,1H3. The molecule has 1 fully saturated rings. The smallest absolute Gasteiger partial charge is 0.324 e. The molecule has 0 unspecified atom stereocenters. The predicted octanol–water partition coefficient (Wildman–Crippen LogP) is 2.08. The molecule has 0 atom stereocenters. The number of piperazine rings is 1. The van der Waals surface area contributed by atoms with E-state index >= 15 is 0 Å². The molecule has 0 aliphatic carbocycles. The van der Waals surface area contributed by atoms with E-state index in [1.54, 1.807) is 7.11 Å². The lowest BCUT2D eigenvalue weighted by Crippen LogP contribution is -2.47. The third kappa shape index (κ3) is 4.43. The van der Waals surface area contributed by atoms with Crippen molar-refractivity contribution in [2.75, 3.05) is 51.3 Å². The van der Waals surface area contributed by atoms with Gasteiger partial charge in [-0.1, -0.05) is 28.9 Å². The summed E-state index contributed by atoms with van der Waals surface area (Å²) in [6.07, 6.45) is 0.647. The van der Waals surface area contributed by atoms with Crippen LogP contribution in [0.2, 0.25) is 5.02 Å². The fraction of sp³-hybridized carbons (Fsp3) is 0.500. The quantitative estimate of drug-likeness (QED) is 0.805. The number of hydrogen-bond donors (Lipinski definition) is 0. The lowest BCUT2D eigenvalue weighted by Gasteiger charge is -2.33. The summed E-state index contributed by atoms with van der Waals surface area (Å²) in [5, 5.41) is 4.81.